The first kappa shape index (κ1) is 10.5. The fourth-order valence-corrected chi connectivity index (χ4v) is 1.45. The van der Waals surface area contributed by atoms with Crippen LogP contribution in [0.25, 0.3) is 11.4 Å². The van der Waals surface area contributed by atoms with E-state index in [9.17, 15) is 0 Å². The standard InChI is InChI=1S/C11H14N4O/c1-7-13-11(14-15(7)2)9-5-4-8(16-3)6-10(9)12/h4-6H,12H2,1-3H3. The molecule has 0 atom stereocenters. The van der Waals surface area contributed by atoms with Gasteiger partial charge in [0.1, 0.15) is 11.6 Å². The SMILES string of the molecule is COc1ccc(-c2nc(C)n(C)n2)c(N)c1. The van der Waals surface area contributed by atoms with E-state index in [0.29, 0.717) is 11.5 Å². The van der Waals surface area contributed by atoms with Crippen LogP contribution < -0.4 is 10.5 Å². The fourth-order valence-electron chi connectivity index (χ4n) is 1.45. The molecule has 5 nitrogen and oxygen atoms in total. The highest BCUT2D eigenvalue weighted by atomic mass is 16.5. The maximum atomic E-state index is 5.92. The Morgan fingerprint density at radius 1 is 1.38 bits per heavy atom. The molecule has 0 aliphatic carbocycles. The highest BCUT2D eigenvalue weighted by Gasteiger charge is 2.10. The number of anilines is 1. The van der Waals surface area contributed by atoms with Crippen molar-refractivity contribution in [1.82, 2.24) is 14.8 Å². The molecule has 1 heterocycles. The molecule has 1 aromatic carbocycles. The van der Waals surface area contributed by atoms with Gasteiger partial charge in [0.25, 0.3) is 0 Å². The first-order chi connectivity index (χ1) is 7.61. The molecule has 0 saturated carbocycles. The van der Waals surface area contributed by atoms with Crippen molar-refractivity contribution in [2.24, 2.45) is 7.05 Å². The van der Waals surface area contributed by atoms with E-state index >= 15 is 0 Å². The Balaban J connectivity index is 2.48. The molecule has 0 aliphatic heterocycles. The van der Waals surface area contributed by atoms with Gasteiger partial charge in [0.15, 0.2) is 5.82 Å². The molecule has 5 heteroatoms. The Morgan fingerprint density at radius 3 is 2.62 bits per heavy atom. The lowest BCUT2D eigenvalue weighted by Crippen LogP contribution is -1.94. The number of hydrogen-bond acceptors (Lipinski definition) is 4. The average Bonchev–Trinajstić information content (AvgIpc) is 2.58. The predicted octanol–water partition coefficient (Wildman–Crippen LogP) is 1.38. The van der Waals surface area contributed by atoms with Crippen molar-refractivity contribution >= 4 is 5.69 Å². The number of methoxy groups -OCH3 is 1. The van der Waals surface area contributed by atoms with Gasteiger partial charge in [0.2, 0.25) is 0 Å². The summed E-state index contributed by atoms with van der Waals surface area (Å²) in [5, 5.41) is 4.28. The molecule has 1 aromatic heterocycles. The largest absolute Gasteiger partial charge is 0.497 e. The third-order valence-corrected chi connectivity index (χ3v) is 2.48. The molecule has 0 aliphatic rings. The van der Waals surface area contributed by atoms with Gasteiger partial charge in [-0.2, -0.15) is 5.10 Å². The Labute approximate surface area is 93.9 Å². The molecule has 0 unspecified atom stereocenters. The molecule has 0 spiro atoms. The second-order valence-electron chi connectivity index (χ2n) is 3.56. The van der Waals surface area contributed by atoms with E-state index in [-0.39, 0.29) is 0 Å². The number of nitrogen functional groups attached to an aromatic ring is 1. The second kappa shape index (κ2) is 3.84. The molecule has 0 saturated heterocycles. The lowest BCUT2D eigenvalue weighted by atomic mass is 10.1. The Hall–Kier alpha value is -2.04. The minimum absolute atomic E-state index is 0.616. The van der Waals surface area contributed by atoms with Crippen LogP contribution in [0, 0.1) is 6.92 Å². The molecular weight excluding hydrogens is 204 g/mol. The number of benzene rings is 1. The molecule has 0 bridgehead atoms. The van der Waals surface area contributed by atoms with Crippen LogP contribution in [0.3, 0.4) is 0 Å². The molecule has 16 heavy (non-hydrogen) atoms. The van der Waals surface area contributed by atoms with Crippen LogP contribution in [0.1, 0.15) is 5.82 Å². The summed E-state index contributed by atoms with van der Waals surface area (Å²) in [6, 6.07) is 5.47. The molecule has 2 aromatic rings. The quantitative estimate of drug-likeness (QED) is 0.773. The molecular formula is C11H14N4O. The van der Waals surface area contributed by atoms with Crippen LogP contribution in [0.2, 0.25) is 0 Å². The zero-order valence-corrected chi connectivity index (χ0v) is 9.56. The molecule has 0 amide bonds. The van der Waals surface area contributed by atoms with E-state index < -0.39 is 0 Å². The van der Waals surface area contributed by atoms with Crippen molar-refractivity contribution in [1.29, 1.82) is 0 Å². The van der Waals surface area contributed by atoms with E-state index in [1.54, 1.807) is 17.9 Å². The third-order valence-electron chi connectivity index (χ3n) is 2.48. The third kappa shape index (κ3) is 1.71. The van der Waals surface area contributed by atoms with E-state index in [1.807, 2.05) is 26.1 Å². The van der Waals surface area contributed by atoms with Gasteiger partial charge in [0, 0.05) is 24.4 Å². The van der Waals surface area contributed by atoms with E-state index in [2.05, 4.69) is 10.1 Å². The molecule has 0 fully saturated rings. The zero-order chi connectivity index (χ0) is 11.7. The van der Waals surface area contributed by atoms with Crippen LogP contribution >= 0.6 is 0 Å². The number of hydrogen-bond donors (Lipinski definition) is 1. The number of ether oxygens (including phenoxy) is 1. The number of aromatic nitrogens is 3. The van der Waals surface area contributed by atoms with Gasteiger partial charge in [-0.3, -0.25) is 4.68 Å². The van der Waals surface area contributed by atoms with Gasteiger partial charge in [-0.05, 0) is 19.1 Å². The monoisotopic (exact) mass is 218 g/mol. The molecule has 2 N–H and O–H groups in total. The first-order valence-electron chi connectivity index (χ1n) is 4.93. The van der Waals surface area contributed by atoms with Gasteiger partial charge >= 0.3 is 0 Å². The summed E-state index contributed by atoms with van der Waals surface area (Å²) in [4.78, 5) is 4.33. The summed E-state index contributed by atoms with van der Waals surface area (Å²) in [5.41, 5.74) is 7.36. The minimum Gasteiger partial charge on any atom is -0.497 e. The number of nitrogens with two attached hydrogens (primary N) is 1. The van der Waals surface area contributed by atoms with Crippen LogP contribution in [0.15, 0.2) is 18.2 Å². The van der Waals surface area contributed by atoms with Crippen molar-refractivity contribution in [3.63, 3.8) is 0 Å². The van der Waals surface area contributed by atoms with E-state index in [4.69, 9.17) is 10.5 Å². The molecule has 2 rings (SSSR count). The average molecular weight is 218 g/mol. The van der Waals surface area contributed by atoms with Gasteiger partial charge in [0.05, 0.1) is 7.11 Å². The van der Waals surface area contributed by atoms with E-state index in [0.717, 1.165) is 17.1 Å². The minimum atomic E-state index is 0.616. The number of nitrogens with zero attached hydrogens (tertiary/aromatic N) is 3. The van der Waals surface area contributed by atoms with Gasteiger partial charge < -0.3 is 10.5 Å². The maximum absolute atomic E-state index is 5.92. The van der Waals surface area contributed by atoms with Crippen LogP contribution in [-0.2, 0) is 7.05 Å². The smallest absolute Gasteiger partial charge is 0.183 e. The zero-order valence-electron chi connectivity index (χ0n) is 9.56. The summed E-state index contributed by atoms with van der Waals surface area (Å²) in [6.45, 7) is 1.90. The number of rotatable bonds is 2. The van der Waals surface area contributed by atoms with Crippen molar-refractivity contribution in [2.45, 2.75) is 6.92 Å². The normalized spacial score (nSPS) is 10.4. The van der Waals surface area contributed by atoms with Crippen molar-refractivity contribution in [3.05, 3.63) is 24.0 Å². The lowest BCUT2D eigenvalue weighted by Gasteiger charge is -2.04. The van der Waals surface area contributed by atoms with E-state index in [1.165, 1.54) is 0 Å². The summed E-state index contributed by atoms with van der Waals surface area (Å²) in [7, 11) is 3.46. The first-order valence-corrected chi connectivity index (χ1v) is 4.93. The summed E-state index contributed by atoms with van der Waals surface area (Å²) < 4.78 is 6.81. The molecule has 0 radical (unpaired) electrons. The summed E-state index contributed by atoms with van der Waals surface area (Å²) >= 11 is 0. The Bertz CT molecular complexity index is 499. The van der Waals surface area contributed by atoms with Crippen molar-refractivity contribution in [3.8, 4) is 17.1 Å². The highest BCUT2D eigenvalue weighted by molar-refractivity contribution is 5.72. The molecule has 84 valence electrons. The van der Waals surface area contributed by atoms with Gasteiger partial charge in [-0.15, -0.1) is 0 Å². The maximum Gasteiger partial charge on any atom is 0.183 e. The second-order valence-corrected chi connectivity index (χ2v) is 3.56. The fraction of sp³-hybridized carbons (Fsp3) is 0.273. The van der Waals surface area contributed by atoms with Gasteiger partial charge in [-0.1, -0.05) is 0 Å². The van der Waals surface area contributed by atoms with Crippen LogP contribution in [0.4, 0.5) is 5.69 Å². The lowest BCUT2D eigenvalue weighted by molar-refractivity contribution is 0.415. The predicted molar refractivity (Wildman–Crippen MR) is 62.1 cm³/mol. The van der Waals surface area contributed by atoms with Crippen LogP contribution in [0.5, 0.6) is 5.75 Å². The van der Waals surface area contributed by atoms with Crippen LogP contribution in [-0.4, -0.2) is 21.9 Å². The highest BCUT2D eigenvalue weighted by Crippen LogP contribution is 2.26. The van der Waals surface area contributed by atoms with Crippen molar-refractivity contribution in [2.75, 3.05) is 12.8 Å². The topological polar surface area (TPSA) is 66.0 Å². The Kier molecular flexibility index (Phi) is 2.52. The van der Waals surface area contributed by atoms with Crippen molar-refractivity contribution < 1.29 is 4.74 Å². The summed E-state index contributed by atoms with van der Waals surface area (Å²) in [5.74, 6) is 2.22. The summed E-state index contributed by atoms with van der Waals surface area (Å²) in [6.07, 6.45) is 0. The van der Waals surface area contributed by atoms with Gasteiger partial charge in [-0.25, -0.2) is 4.98 Å². The Morgan fingerprint density at radius 2 is 2.12 bits per heavy atom. The number of aryl methyl sites for hydroxylation is 2.